The van der Waals surface area contributed by atoms with Crippen molar-refractivity contribution in [3.05, 3.63) is 63.9 Å². The molecule has 0 bridgehead atoms. The number of hydrogen-bond donors (Lipinski definition) is 0. The molecule has 0 heterocycles. The summed E-state index contributed by atoms with van der Waals surface area (Å²) in [7, 11) is 1.82. The lowest BCUT2D eigenvalue weighted by molar-refractivity contribution is 0.112. The first-order chi connectivity index (χ1) is 9.10. The fourth-order valence-electron chi connectivity index (χ4n) is 1.85. The largest absolute Gasteiger partial charge is 0.368 e. The molecule has 0 aliphatic carbocycles. The van der Waals surface area contributed by atoms with Crippen LogP contribution in [-0.2, 0) is 6.54 Å². The molecule has 0 saturated heterocycles. The predicted molar refractivity (Wildman–Crippen MR) is 78.0 cm³/mol. The molecule has 19 heavy (non-hydrogen) atoms. The molecular formula is C15H13BrFNO. The van der Waals surface area contributed by atoms with Crippen molar-refractivity contribution in [2.24, 2.45) is 0 Å². The smallest absolute Gasteiger partial charge is 0.150 e. The van der Waals surface area contributed by atoms with Crippen molar-refractivity contribution in [2.45, 2.75) is 6.54 Å². The zero-order valence-electron chi connectivity index (χ0n) is 10.4. The quantitative estimate of drug-likeness (QED) is 0.792. The summed E-state index contributed by atoms with van der Waals surface area (Å²) in [5.74, 6) is -0.385. The molecule has 0 N–H and O–H groups in total. The molecule has 0 atom stereocenters. The SMILES string of the molecule is CN(Cc1ccc(Br)cc1)c1ccc(C=O)cc1F. The number of benzene rings is 2. The van der Waals surface area contributed by atoms with E-state index in [4.69, 9.17) is 0 Å². The molecule has 0 radical (unpaired) electrons. The molecule has 0 unspecified atom stereocenters. The third-order valence-electron chi connectivity index (χ3n) is 2.85. The van der Waals surface area contributed by atoms with Gasteiger partial charge in [0.1, 0.15) is 12.1 Å². The molecule has 98 valence electrons. The number of rotatable bonds is 4. The second kappa shape index (κ2) is 5.97. The molecule has 0 aliphatic rings. The molecular weight excluding hydrogens is 309 g/mol. The summed E-state index contributed by atoms with van der Waals surface area (Å²) in [5.41, 5.74) is 1.91. The van der Waals surface area contributed by atoms with Gasteiger partial charge in [-0.2, -0.15) is 0 Å². The van der Waals surface area contributed by atoms with Gasteiger partial charge in [0.25, 0.3) is 0 Å². The molecule has 0 spiro atoms. The van der Waals surface area contributed by atoms with Crippen molar-refractivity contribution in [3.8, 4) is 0 Å². The maximum atomic E-state index is 13.8. The first-order valence-electron chi connectivity index (χ1n) is 5.80. The van der Waals surface area contributed by atoms with Crippen molar-refractivity contribution in [2.75, 3.05) is 11.9 Å². The first-order valence-corrected chi connectivity index (χ1v) is 6.60. The Kier molecular flexibility index (Phi) is 4.32. The highest BCUT2D eigenvalue weighted by Crippen LogP contribution is 2.21. The summed E-state index contributed by atoms with van der Waals surface area (Å²) in [6, 6.07) is 12.4. The van der Waals surface area contributed by atoms with Crippen LogP contribution in [0, 0.1) is 5.82 Å². The summed E-state index contributed by atoms with van der Waals surface area (Å²) in [6.07, 6.45) is 0.640. The number of carbonyl (C=O) groups is 1. The van der Waals surface area contributed by atoms with Gasteiger partial charge in [-0.3, -0.25) is 4.79 Å². The molecule has 0 saturated carbocycles. The van der Waals surface area contributed by atoms with Crippen molar-refractivity contribution in [1.29, 1.82) is 0 Å². The van der Waals surface area contributed by atoms with Gasteiger partial charge < -0.3 is 4.90 Å². The van der Waals surface area contributed by atoms with Crippen LogP contribution in [0.4, 0.5) is 10.1 Å². The van der Waals surface area contributed by atoms with Crippen LogP contribution in [0.3, 0.4) is 0 Å². The van der Waals surface area contributed by atoms with Crippen molar-refractivity contribution in [1.82, 2.24) is 0 Å². The highest BCUT2D eigenvalue weighted by Gasteiger charge is 2.08. The Morgan fingerprint density at radius 2 is 1.89 bits per heavy atom. The second-order valence-electron chi connectivity index (χ2n) is 4.31. The predicted octanol–water partition coefficient (Wildman–Crippen LogP) is 4.04. The number of carbonyl (C=O) groups excluding carboxylic acids is 1. The number of aldehydes is 1. The molecule has 0 fully saturated rings. The van der Waals surface area contributed by atoms with Crippen LogP contribution in [0.1, 0.15) is 15.9 Å². The third-order valence-corrected chi connectivity index (χ3v) is 3.38. The Morgan fingerprint density at radius 3 is 2.47 bits per heavy atom. The van der Waals surface area contributed by atoms with E-state index in [2.05, 4.69) is 15.9 Å². The Bertz CT molecular complexity index is 583. The fraction of sp³-hybridized carbons (Fsp3) is 0.133. The molecule has 0 aliphatic heterocycles. The monoisotopic (exact) mass is 321 g/mol. The lowest BCUT2D eigenvalue weighted by Crippen LogP contribution is -2.17. The van der Waals surface area contributed by atoms with E-state index in [1.165, 1.54) is 6.07 Å². The number of hydrogen-bond acceptors (Lipinski definition) is 2. The minimum Gasteiger partial charge on any atom is -0.368 e. The Labute approximate surface area is 120 Å². The van der Waals surface area contributed by atoms with Crippen LogP contribution in [0.5, 0.6) is 0 Å². The molecule has 2 nitrogen and oxygen atoms in total. The van der Waals surface area contributed by atoms with Gasteiger partial charge in [-0.1, -0.05) is 28.1 Å². The fourth-order valence-corrected chi connectivity index (χ4v) is 2.12. The van der Waals surface area contributed by atoms with Gasteiger partial charge in [-0.15, -0.1) is 0 Å². The lowest BCUT2D eigenvalue weighted by atomic mass is 10.1. The maximum absolute atomic E-state index is 13.8. The summed E-state index contributed by atoms with van der Waals surface area (Å²) in [4.78, 5) is 12.4. The van der Waals surface area contributed by atoms with E-state index < -0.39 is 0 Å². The zero-order valence-corrected chi connectivity index (χ0v) is 12.0. The average Bonchev–Trinajstić information content (AvgIpc) is 2.41. The summed E-state index contributed by atoms with van der Waals surface area (Å²) in [6.45, 7) is 0.602. The highest BCUT2D eigenvalue weighted by atomic mass is 79.9. The van der Waals surface area contributed by atoms with Gasteiger partial charge >= 0.3 is 0 Å². The van der Waals surface area contributed by atoms with E-state index in [1.54, 1.807) is 12.1 Å². The van der Waals surface area contributed by atoms with E-state index in [1.807, 2.05) is 36.2 Å². The molecule has 2 rings (SSSR count). The normalized spacial score (nSPS) is 10.3. The average molecular weight is 322 g/mol. The van der Waals surface area contributed by atoms with Gasteiger partial charge in [-0.25, -0.2) is 4.39 Å². The minimum atomic E-state index is -0.385. The van der Waals surface area contributed by atoms with Crippen LogP contribution in [0.2, 0.25) is 0 Å². The van der Waals surface area contributed by atoms with E-state index in [0.29, 0.717) is 24.1 Å². The summed E-state index contributed by atoms with van der Waals surface area (Å²) < 4.78 is 14.9. The summed E-state index contributed by atoms with van der Waals surface area (Å²) in [5, 5.41) is 0. The molecule has 0 amide bonds. The maximum Gasteiger partial charge on any atom is 0.150 e. The van der Waals surface area contributed by atoms with Gasteiger partial charge in [0, 0.05) is 23.6 Å². The Morgan fingerprint density at radius 1 is 1.21 bits per heavy atom. The van der Waals surface area contributed by atoms with Crippen molar-refractivity contribution in [3.63, 3.8) is 0 Å². The topological polar surface area (TPSA) is 20.3 Å². The van der Waals surface area contributed by atoms with E-state index >= 15 is 0 Å². The van der Waals surface area contributed by atoms with Gasteiger partial charge in [0.15, 0.2) is 0 Å². The standard InChI is InChI=1S/C15H13BrFNO/c1-18(9-11-2-5-13(16)6-3-11)15-7-4-12(10-19)8-14(15)17/h2-8,10H,9H2,1H3. The van der Waals surface area contributed by atoms with Crippen LogP contribution in [-0.4, -0.2) is 13.3 Å². The van der Waals surface area contributed by atoms with E-state index in [0.717, 1.165) is 10.0 Å². The molecule has 4 heteroatoms. The lowest BCUT2D eigenvalue weighted by Gasteiger charge is -2.20. The van der Waals surface area contributed by atoms with E-state index in [-0.39, 0.29) is 5.82 Å². The Hall–Kier alpha value is -1.68. The third kappa shape index (κ3) is 3.41. The van der Waals surface area contributed by atoms with Crippen molar-refractivity contribution >= 4 is 27.9 Å². The van der Waals surface area contributed by atoms with Crippen LogP contribution in [0.15, 0.2) is 46.9 Å². The van der Waals surface area contributed by atoms with E-state index in [9.17, 15) is 9.18 Å². The molecule has 2 aromatic rings. The number of anilines is 1. The minimum absolute atomic E-state index is 0.346. The second-order valence-corrected chi connectivity index (χ2v) is 5.23. The molecule has 0 aromatic heterocycles. The van der Waals surface area contributed by atoms with Crippen LogP contribution < -0.4 is 4.90 Å². The van der Waals surface area contributed by atoms with Crippen molar-refractivity contribution < 1.29 is 9.18 Å². The Balaban J connectivity index is 2.17. The van der Waals surface area contributed by atoms with Gasteiger partial charge in [0.05, 0.1) is 5.69 Å². The first kappa shape index (κ1) is 13.7. The number of nitrogens with zero attached hydrogens (tertiary/aromatic N) is 1. The van der Waals surface area contributed by atoms with Crippen LogP contribution >= 0.6 is 15.9 Å². The highest BCUT2D eigenvalue weighted by molar-refractivity contribution is 9.10. The summed E-state index contributed by atoms with van der Waals surface area (Å²) >= 11 is 3.38. The molecule has 2 aromatic carbocycles. The van der Waals surface area contributed by atoms with Gasteiger partial charge in [-0.05, 0) is 35.9 Å². The van der Waals surface area contributed by atoms with Gasteiger partial charge in [0.2, 0.25) is 0 Å². The number of halogens is 2. The zero-order chi connectivity index (χ0) is 13.8. The van der Waals surface area contributed by atoms with Crippen LogP contribution in [0.25, 0.3) is 0 Å².